The number of fused-ring (bicyclic) bond motifs is 1. The monoisotopic (exact) mass is 464 g/mol. The smallest absolute Gasteiger partial charge is 0.182 e. The lowest BCUT2D eigenvalue weighted by Gasteiger charge is -2.33. The van der Waals surface area contributed by atoms with Crippen molar-refractivity contribution in [3.05, 3.63) is 59.3 Å². The molecule has 0 spiro atoms. The van der Waals surface area contributed by atoms with E-state index in [-0.39, 0.29) is 23.7 Å². The summed E-state index contributed by atoms with van der Waals surface area (Å²) in [6, 6.07) is 3.80. The molecule has 176 valence electrons. The topological polar surface area (TPSA) is 99.2 Å². The Bertz CT molecular complexity index is 1290. The normalized spacial score (nSPS) is 23.6. The molecule has 1 saturated heterocycles. The van der Waals surface area contributed by atoms with E-state index in [4.69, 9.17) is 20.4 Å². The van der Waals surface area contributed by atoms with Gasteiger partial charge in [0, 0.05) is 41.7 Å². The standard InChI is InChI=1S/C25H26F2N6O/c1-13-11-30-23-22(19-6-3-17(26)9-20(19)27)32-24(33-25(23)31-13)15-7-14(2)34-21(8-15)16(10-28)12-29-18-4-5-18/h3,6,9-12,14-15,18,21H,4-5,7-8,28H2,1-2H3/b16-10+,29-12?/t14-,15-,21+/m0/s1. The van der Waals surface area contributed by atoms with E-state index in [2.05, 4.69) is 15.0 Å². The first-order valence-electron chi connectivity index (χ1n) is 11.5. The number of aliphatic imine (C=N–C) groups is 1. The number of ether oxygens (including phenoxy) is 1. The predicted molar refractivity (Wildman–Crippen MR) is 125 cm³/mol. The van der Waals surface area contributed by atoms with Crippen molar-refractivity contribution < 1.29 is 13.5 Å². The molecule has 1 aromatic carbocycles. The minimum atomic E-state index is -0.712. The fourth-order valence-electron chi connectivity index (χ4n) is 4.28. The number of aryl methyl sites for hydroxylation is 1. The quantitative estimate of drug-likeness (QED) is 0.562. The Labute approximate surface area is 196 Å². The van der Waals surface area contributed by atoms with Crippen LogP contribution in [0.4, 0.5) is 8.78 Å². The Morgan fingerprint density at radius 2 is 2.00 bits per heavy atom. The van der Waals surface area contributed by atoms with Crippen molar-refractivity contribution in [2.24, 2.45) is 10.7 Å². The van der Waals surface area contributed by atoms with Gasteiger partial charge >= 0.3 is 0 Å². The van der Waals surface area contributed by atoms with Crippen molar-refractivity contribution in [1.82, 2.24) is 19.9 Å². The number of nitrogens with zero attached hydrogens (tertiary/aromatic N) is 5. The molecule has 34 heavy (non-hydrogen) atoms. The van der Waals surface area contributed by atoms with Gasteiger partial charge in [0.25, 0.3) is 0 Å². The van der Waals surface area contributed by atoms with Gasteiger partial charge in [0.15, 0.2) is 5.65 Å². The van der Waals surface area contributed by atoms with Gasteiger partial charge in [-0.1, -0.05) is 0 Å². The van der Waals surface area contributed by atoms with Gasteiger partial charge in [-0.2, -0.15) is 0 Å². The zero-order chi connectivity index (χ0) is 23.8. The van der Waals surface area contributed by atoms with Crippen molar-refractivity contribution in [2.75, 3.05) is 0 Å². The molecular formula is C25H26F2N6O. The molecular weight excluding hydrogens is 438 g/mol. The summed E-state index contributed by atoms with van der Waals surface area (Å²) in [5.41, 5.74) is 8.62. The van der Waals surface area contributed by atoms with Crippen molar-refractivity contribution >= 4 is 17.4 Å². The molecule has 0 radical (unpaired) electrons. The maximum Gasteiger partial charge on any atom is 0.182 e. The second kappa shape index (κ2) is 9.13. The summed E-state index contributed by atoms with van der Waals surface area (Å²) in [7, 11) is 0. The van der Waals surface area contributed by atoms with E-state index in [0.717, 1.165) is 24.5 Å². The minimum absolute atomic E-state index is 0.0677. The van der Waals surface area contributed by atoms with E-state index in [0.29, 0.717) is 47.3 Å². The highest BCUT2D eigenvalue weighted by Crippen LogP contribution is 2.36. The third-order valence-electron chi connectivity index (χ3n) is 6.15. The summed E-state index contributed by atoms with van der Waals surface area (Å²) in [4.78, 5) is 22.9. The summed E-state index contributed by atoms with van der Waals surface area (Å²) < 4.78 is 34.5. The van der Waals surface area contributed by atoms with Gasteiger partial charge in [-0.3, -0.25) is 4.99 Å². The first kappa shape index (κ1) is 22.5. The maximum absolute atomic E-state index is 14.7. The van der Waals surface area contributed by atoms with Gasteiger partial charge in [-0.15, -0.1) is 0 Å². The summed E-state index contributed by atoms with van der Waals surface area (Å²) in [5, 5.41) is 0. The van der Waals surface area contributed by atoms with E-state index in [1.165, 1.54) is 12.1 Å². The Balaban J connectivity index is 1.56. The molecule has 1 aliphatic carbocycles. The molecule has 2 aliphatic rings. The summed E-state index contributed by atoms with van der Waals surface area (Å²) in [6.07, 6.45) is 8.11. The molecule has 9 heteroatoms. The molecule has 0 bridgehead atoms. The van der Waals surface area contributed by atoms with E-state index in [9.17, 15) is 8.78 Å². The molecule has 0 unspecified atom stereocenters. The number of hydrogen-bond donors (Lipinski definition) is 1. The van der Waals surface area contributed by atoms with Crippen LogP contribution >= 0.6 is 0 Å². The van der Waals surface area contributed by atoms with Gasteiger partial charge in [-0.05, 0) is 51.7 Å². The molecule has 2 N–H and O–H groups in total. The fraction of sp³-hybridized carbons (Fsp3) is 0.400. The number of benzene rings is 1. The second-order valence-corrected chi connectivity index (χ2v) is 9.02. The largest absolute Gasteiger partial charge is 0.404 e. The number of rotatable bonds is 5. The molecule has 3 atom stereocenters. The molecule has 3 aromatic rings. The molecule has 2 fully saturated rings. The summed E-state index contributed by atoms with van der Waals surface area (Å²) in [5.74, 6) is -0.915. The van der Waals surface area contributed by atoms with Crippen LogP contribution in [0, 0.1) is 18.6 Å². The first-order valence-corrected chi connectivity index (χ1v) is 11.5. The van der Waals surface area contributed by atoms with Gasteiger partial charge in [0.05, 0.1) is 23.9 Å². The average molecular weight is 465 g/mol. The number of halogens is 2. The zero-order valence-electron chi connectivity index (χ0n) is 19.1. The molecule has 1 saturated carbocycles. The van der Waals surface area contributed by atoms with E-state index >= 15 is 0 Å². The average Bonchev–Trinajstić information content (AvgIpc) is 3.63. The van der Waals surface area contributed by atoms with Crippen LogP contribution < -0.4 is 5.73 Å². The van der Waals surface area contributed by atoms with Crippen LogP contribution in [-0.4, -0.2) is 44.4 Å². The van der Waals surface area contributed by atoms with E-state index in [1.54, 1.807) is 12.4 Å². The van der Waals surface area contributed by atoms with Gasteiger partial charge in [-0.25, -0.2) is 28.7 Å². The summed E-state index contributed by atoms with van der Waals surface area (Å²) in [6.45, 7) is 3.81. The Morgan fingerprint density at radius 3 is 2.74 bits per heavy atom. The zero-order valence-corrected chi connectivity index (χ0v) is 19.1. The first-order chi connectivity index (χ1) is 16.4. The molecule has 5 rings (SSSR count). The second-order valence-electron chi connectivity index (χ2n) is 9.02. The fourth-order valence-corrected chi connectivity index (χ4v) is 4.28. The van der Waals surface area contributed by atoms with Crippen LogP contribution in [0.3, 0.4) is 0 Å². The maximum atomic E-state index is 14.7. The highest BCUT2D eigenvalue weighted by atomic mass is 19.1. The van der Waals surface area contributed by atoms with Crippen LogP contribution in [0.2, 0.25) is 0 Å². The number of aromatic nitrogens is 4. The third-order valence-corrected chi connectivity index (χ3v) is 6.15. The molecule has 1 aliphatic heterocycles. The van der Waals surface area contributed by atoms with Gasteiger partial charge < -0.3 is 10.5 Å². The van der Waals surface area contributed by atoms with Crippen LogP contribution in [0.5, 0.6) is 0 Å². The van der Waals surface area contributed by atoms with Crippen molar-refractivity contribution in [3.8, 4) is 11.3 Å². The molecule has 7 nitrogen and oxygen atoms in total. The van der Waals surface area contributed by atoms with Crippen molar-refractivity contribution in [2.45, 2.75) is 63.7 Å². The lowest BCUT2D eigenvalue weighted by molar-refractivity contribution is -0.0272. The SMILES string of the molecule is Cc1cnc2c(-c3ccc(F)cc3F)nc([C@H]3C[C@H](C)O[C@@H](/C(C=NC4CC4)=C/N)C3)nc2n1. The van der Waals surface area contributed by atoms with Crippen LogP contribution in [-0.2, 0) is 4.74 Å². The Kier molecular flexibility index (Phi) is 6.03. The van der Waals surface area contributed by atoms with Gasteiger partial charge in [0.1, 0.15) is 28.7 Å². The minimum Gasteiger partial charge on any atom is -0.404 e. The number of hydrogen-bond acceptors (Lipinski definition) is 7. The third kappa shape index (κ3) is 4.65. The summed E-state index contributed by atoms with van der Waals surface area (Å²) >= 11 is 0. The Hall–Kier alpha value is -3.33. The highest BCUT2D eigenvalue weighted by molar-refractivity contribution is 5.87. The molecule has 3 heterocycles. The van der Waals surface area contributed by atoms with Crippen LogP contribution in [0.15, 0.2) is 41.2 Å². The van der Waals surface area contributed by atoms with E-state index < -0.39 is 11.6 Å². The predicted octanol–water partition coefficient (Wildman–Crippen LogP) is 4.40. The van der Waals surface area contributed by atoms with Crippen molar-refractivity contribution in [1.29, 1.82) is 0 Å². The highest BCUT2D eigenvalue weighted by Gasteiger charge is 2.33. The van der Waals surface area contributed by atoms with Crippen LogP contribution in [0.1, 0.15) is 50.0 Å². The molecule has 2 aromatic heterocycles. The van der Waals surface area contributed by atoms with E-state index in [1.807, 2.05) is 20.1 Å². The van der Waals surface area contributed by atoms with Crippen LogP contribution in [0.25, 0.3) is 22.4 Å². The molecule has 0 amide bonds. The van der Waals surface area contributed by atoms with Gasteiger partial charge in [0.2, 0.25) is 0 Å². The van der Waals surface area contributed by atoms with Crippen molar-refractivity contribution in [3.63, 3.8) is 0 Å². The Morgan fingerprint density at radius 1 is 1.18 bits per heavy atom. The lowest BCUT2D eigenvalue weighted by Crippen LogP contribution is -2.33. The lowest BCUT2D eigenvalue weighted by atomic mass is 9.88. The number of nitrogens with two attached hydrogens (primary N) is 1.